The molecule has 3 rings (SSSR count). The highest BCUT2D eigenvalue weighted by Gasteiger charge is 2.33. The van der Waals surface area contributed by atoms with E-state index in [1.807, 2.05) is 6.07 Å². The molecule has 0 spiro atoms. The number of amides is 2. The monoisotopic (exact) mass is 543 g/mol. The van der Waals surface area contributed by atoms with Gasteiger partial charge in [0, 0.05) is 18.6 Å². The van der Waals surface area contributed by atoms with E-state index in [9.17, 15) is 18.0 Å². The van der Waals surface area contributed by atoms with E-state index in [1.165, 1.54) is 30.1 Å². The molecule has 0 bridgehead atoms. The lowest BCUT2D eigenvalue weighted by atomic mass is 10.1. The molecule has 1 unspecified atom stereocenters. The third kappa shape index (κ3) is 6.81. The van der Waals surface area contributed by atoms with E-state index in [1.54, 1.807) is 68.6 Å². The van der Waals surface area contributed by atoms with Gasteiger partial charge in [0.2, 0.25) is 11.8 Å². The van der Waals surface area contributed by atoms with Crippen LogP contribution in [0.2, 0.25) is 5.02 Å². The lowest BCUT2D eigenvalue weighted by molar-refractivity contribution is -0.140. The number of benzene rings is 3. The summed E-state index contributed by atoms with van der Waals surface area (Å²) in [7, 11) is -1.10. The number of sulfonamides is 1. The number of carbonyl (C=O) groups excluding carboxylic acids is 2. The molecule has 0 aromatic heterocycles. The van der Waals surface area contributed by atoms with Gasteiger partial charge in [0.1, 0.15) is 18.3 Å². The van der Waals surface area contributed by atoms with E-state index < -0.39 is 28.5 Å². The Morgan fingerprint density at radius 2 is 1.70 bits per heavy atom. The van der Waals surface area contributed by atoms with Crippen LogP contribution in [0.5, 0.6) is 5.75 Å². The molecular weight excluding hydrogens is 514 g/mol. The van der Waals surface area contributed by atoms with Gasteiger partial charge in [-0.05, 0) is 54.4 Å². The largest absolute Gasteiger partial charge is 0.497 e. The van der Waals surface area contributed by atoms with Crippen molar-refractivity contribution in [3.05, 3.63) is 89.4 Å². The molecule has 0 saturated heterocycles. The van der Waals surface area contributed by atoms with Gasteiger partial charge in [0.15, 0.2) is 0 Å². The first-order valence-electron chi connectivity index (χ1n) is 11.7. The van der Waals surface area contributed by atoms with Crippen LogP contribution in [0.4, 0.5) is 5.69 Å². The standard InChI is InChI=1S/C27H30ClN3O5S/c1-4-25(27(33)29-2)30(18-20-10-8-13-23(16-20)36-3)26(32)19-31(22-12-9-11-21(28)17-22)37(34,35)24-14-6-5-7-15-24/h5-17,25H,4,18-19H2,1-3H3,(H,29,33). The van der Waals surface area contributed by atoms with Gasteiger partial charge in [-0.2, -0.15) is 0 Å². The van der Waals surface area contributed by atoms with Crippen LogP contribution in [0, 0.1) is 0 Å². The maximum atomic E-state index is 13.8. The van der Waals surface area contributed by atoms with Gasteiger partial charge in [-0.3, -0.25) is 13.9 Å². The minimum absolute atomic E-state index is 0.0282. The van der Waals surface area contributed by atoms with Gasteiger partial charge in [0.05, 0.1) is 17.7 Å². The summed E-state index contributed by atoms with van der Waals surface area (Å²) in [4.78, 5) is 28.0. The highest BCUT2D eigenvalue weighted by atomic mass is 35.5. The maximum absolute atomic E-state index is 13.8. The molecule has 1 N–H and O–H groups in total. The number of anilines is 1. The predicted octanol–water partition coefficient (Wildman–Crippen LogP) is 4.10. The number of rotatable bonds is 11. The lowest BCUT2D eigenvalue weighted by Crippen LogP contribution is -2.51. The predicted molar refractivity (Wildman–Crippen MR) is 144 cm³/mol. The van der Waals surface area contributed by atoms with E-state index in [4.69, 9.17) is 16.3 Å². The number of likely N-dealkylation sites (N-methyl/N-ethyl adjacent to an activating group) is 1. The Morgan fingerprint density at radius 3 is 2.32 bits per heavy atom. The van der Waals surface area contributed by atoms with Crippen molar-refractivity contribution in [2.24, 2.45) is 0 Å². The topological polar surface area (TPSA) is 96.0 Å². The average molecular weight is 544 g/mol. The van der Waals surface area contributed by atoms with E-state index >= 15 is 0 Å². The lowest BCUT2D eigenvalue weighted by Gasteiger charge is -2.33. The molecule has 0 heterocycles. The van der Waals surface area contributed by atoms with Gasteiger partial charge in [-0.25, -0.2) is 8.42 Å². The first-order chi connectivity index (χ1) is 17.7. The maximum Gasteiger partial charge on any atom is 0.264 e. The zero-order valence-electron chi connectivity index (χ0n) is 20.9. The molecule has 0 saturated carbocycles. The second kappa shape index (κ2) is 12.6. The zero-order valence-corrected chi connectivity index (χ0v) is 22.5. The van der Waals surface area contributed by atoms with Crippen LogP contribution in [-0.4, -0.2) is 51.9 Å². The van der Waals surface area contributed by atoms with Gasteiger partial charge >= 0.3 is 0 Å². The van der Waals surface area contributed by atoms with Crippen molar-refractivity contribution in [2.45, 2.75) is 30.8 Å². The molecular formula is C27H30ClN3O5S. The fraction of sp³-hybridized carbons (Fsp3) is 0.259. The first kappa shape index (κ1) is 28.0. The van der Waals surface area contributed by atoms with Crippen molar-refractivity contribution in [2.75, 3.05) is 25.0 Å². The number of methoxy groups -OCH3 is 1. The van der Waals surface area contributed by atoms with Crippen molar-refractivity contribution < 1.29 is 22.7 Å². The highest BCUT2D eigenvalue weighted by Crippen LogP contribution is 2.27. The molecule has 0 aliphatic heterocycles. The van der Waals surface area contributed by atoms with Crippen LogP contribution >= 0.6 is 11.6 Å². The Morgan fingerprint density at radius 1 is 1.00 bits per heavy atom. The second-order valence-corrected chi connectivity index (χ2v) is 10.5. The minimum Gasteiger partial charge on any atom is -0.497 e. The fourth-order valence-corrected chi connectivity index (χ4v) is 5.54. The van der Waals surface area contributed by atoms with Crippen molar-refractivity contribution in [1.82, 2.24) is 10.2 Å². The summed E-state index contributed by atoms with van der Waals surface area (Å²) in [6, 6.07) is 20.5. The molecule has 0 radical (unpaired) electrons. The number of hydrogen-bond acceptors (Lipinski definition) is 5. The summed E-state index contributed by atoms with van der Waals surface area (Å²) in [5.74, 6) is -0.290. The smallest absolute Gasteiger partial charge is 0.264 e. The van der Waals surface area contributed by atoms with Gasteiger partial charge < -0.3 is 15.0 Å². The Balaban J connectivity index is 2.05. The number of carbonyl (C=O) groups is 2. The minimum atomic E-state index is -4.13. The number of hydrogen-bond donors (Lipinski definition) is 1. The number of halogens is 1. The molecule has 1 atom stereocenters. The molecule has 196 valence electrons. The van der Waals surface area contributed by atoms with Crippen LogP contribution in [0.3, 0.4) is 0 Å². The molecule has 0 aliphatic rings. The normalized spacial score (nSPS) is 11.9. The van der Waals surface area contributed by atoms with Crippen LogP contribution in [0.15, 0.2) is 83.8 Å². The van der Waals surface area contributed by atoms with Crippen LogP contribution in [0.25, 0.3) is 0 Å². The summed E-state index contributed by atoms with van der Waals surface area (Å²) in [6.07, 6.45) is 0.331. The van der Waals surface area contributed by atoms with E-state index in [2.05, 4.69) is 5.32 Å². The van der Waals surface area contributed by atoms with E-state index in [-0.39, 0.29) is 23.0 Å². The molecule has 8 nitrogen and oxygen atoms in total. The number of nitrogens with one attached hydrogen (secondary N) is 1. The second-order valence-electron chi connectivity index (χ2n) is 8.22. The Bertz CT molecular complexity index is 1330. The summed E-state index contributed by atoms with van der Waals surface area (Å²) >= 11 is 6.17. The molecule has 3 aromatic rings. The number of ether oxygens (including phenoxy) is 1. The van der Waals surface area contributed by atoms with Crippen molar-refractivity contribution in [3.63, 3.8) is 0 Å². The Hall–Kier alpha value is -3.56. The summed E-state index contributed by atoms with van der Waals surface area (Å²) in [5, 5.41) is 2.92. The Kier molecular flexibility index (Phi) is 9.54. The third-order valence-electron chi connectivity index (χ3n) is 5.83. The average Bonchev–Trinajstić information content (AvgIpc) is 2.91. The van der Waals surface area contributed by atoms with Crippen molar-refractivity contribution >= 4 is 39.1 Å². The molecule has 37 heavy (non-hydrogen) atoms. The van der Waals surface area contributed by atoms with E-state index in [0.717, 1.165) is 9.87 Å². The summed E-state index contributed by atoms with van der Waals surface area (Å²) in [6.45, 7) is 1.34. The number of nitrogens with zero attached hydrogens (tertiary/aromatic N) is 2. The van der Waals surface area contributed by atoms with Crippen molar-refractivity contribution in [1.29, 1.82) is 0 Å². The van der Waals surface area contributed by atoms with Gasteiger partial charge in [0.25, 0.3) is 10.0 Å². The SMILES string of the molecule is CCC(C(=O)NC)N(Cc1cccc(OC)c1)C(=O)CN(c1cccc(Cl)c1)S(=O)(=O)c1ccccc1. The quantitative estimate of drug-likeness (QED) is 0.393. The fourth-order valence-electron chi connectivity index (χ4n) is 3.93. The summed E-state index contributed by atoms with van der Waals surface area (Å²) < 4.78 is 33.7. The first-order valence-corrected chi connectivity index (χ1v) is 13.5. The molecule has 3 aromatic carbocycles. The molecule has 2 amide bonds. The molecule has 0 fully saturated rings. The van der Waals surface area contributed by atoms with Gasteiger partial charge in [-0.1, -0.05) is 54.9 Å². The van der Waals surface area contributed by atoms with Crippen LogP contribution < -0.4 is 14.4 Å². The molecule has 10 heteroatoms. The summed E-state index contributed by atoms with van der Waals surface area (Å²) in [5.41, 5.74) is 0.967. The van der Waals surface area contributed by atoms with Crippen LogP contribution in [0.1, 0.15) is 18.9 Å². The zero-order chi connectivity index (χ0) is 27.0. The molecule has 0 aliphatic carbocycles. The van der Waals surface area contributed by atoms with Crippen molar-refractivity contribution in [3.8, 4) is 5.75 Å². The van der Waals surface area contributed by atoms with E-state index in [0.29, 0.717) is 17.2 Å². The Labute approximate surface area is 222 Å². The van der Waals surface area contributed by atoms with Gasteiger partial charge in [-0.15, -0.1) is 0 Å². The van der Waals surface area contributed by atoms with Crippen LogP contribution in [-0.2, 0) is 26.2 Å². The third-order valence-corrected chi connectivity index (χ3v) is 7.85. The highest BCUT2D eigenvalue weighted by molar-refractivity contribution is 7.92.